The Kier molecular flexibility index (Phi) is 4.31. The van der Waals surface area contributed by atoms with Crippen LogP contribution in [0, 0.1) is 12.8 Å². The molecule has 6 heteroatoms. The van der Waals surface area contributed by atoms with Crippen molar-refractivity contribution in [1.82, 2.24) is 4.98 Å². The SMILES string of the molecule is COc1cc2nc(C)sc2cc1NC(=O)C[C@@H]1CCC[C@H]1N. The Hall–Kier alpha value is -1.66. The molecule has 1 aromatic heterocycles. The van der Waals surface area contributed by atoms with Crippen molar-refractivity contribution in [2.45, 2.75) is 38.6 Å². The quantitative estimate of drug-likeness (QED) is 0.908. The number of nitrogens with one attached hydrogen (secondary N) is 1. The van der Waals surface area contributed by atoms with E-state index in [4.69, 9.17) is 10.5 Å². The summed E-state index contributed by atoms with van der Waals surface area (Å²) in [6.07, 6.45) is 3.66. The van der Waals surface area contributed by atoms with E-state index in [-0.39, 0.29) is 11.9 Å². The summed E-state index contributed by atoms with van der Waals surface area (Å²) in [5.41, 5.74) is 7.64. The maximum Gasteiger partial charge on any atom is 0.224 e. The van der Waals surface area contributed by atoms with E-state index < -0.39 is 0 Å². The summed E-state index contributed by atoms with van der Waals surface area (Å²) < 4.78 is 6.43. The van der Waals surface area contributed by atoms with Crippen molar-refractivity contribution in [2.24, 2.45) is 11.7 Å². The molecule has 0 spiro atoms. The summed E-state index contributed by atoms with van der Waals surface area (Å²) >= 11 is 1.61. The number of benzene rings is 1. The number of methoxy groups -OCH3 is 1. The smallest absolute Gasteiger partial charge is 0.224 e. The zero-order valence-corrected chi connectivity index (χ0v) is 13.7. The van der Waals surface area contributed by atoms with Crippen LogP contribution in [0.15, 0.2) is 12.1 Å². The first-order valence-electron chi connectivity index (χ1n) is 7.57. The molecule has 0 bridgehead atoms. The Morgan fingerprint density at radius 3 is 3.00 bits per heavy atom. The van der Waals surface area contributed by atoms with E-state index in [9.17, 15) is 4.79 Å². The van der Waals surface area contributed by atoms with E-state index in [1.165, 1.54) is 0 Å². The molecule has 2 atom stereocenters. The number of ether oxygens (including phenoxy) is 1. The molecule has 1 aliphatic carbocycles. The van der Waals surface area contributed by atoms with E-state index in [2.05, 4.69) is 10.3 Å². The van der Waals surface area contributed by atoms with Gasteiger partial charge in [-0.3, -0.25) is 4.79 Å². The van der Waals surface area contributed by atoms with Crippen molar-refractivity contribution in [2.75, 3.05) is 12.4 Å². The maximum absolute atomic E-state index is 12.3. The molecule has 5 nitrogen and oxygen atoms in total. The van der Waals surface area contributed by atoms with Crippen LogP contribution in [0.5, 0.6) is 5.75 Å². The lowest BCUT2D eigenvalue weighted by Gasteiger charge is -2.16. The van der Waals surface area contributed by atoms with Crippen LogP contribution < -0.4 is 15.8 Å². The summed E-state index contributed by atoms with van der Waals surface area (Å²) in [6, 6.07) is 3.96. The average Bonchev–Trinajstić information content (AvgIpc) is 3.02. The maximum atomic E-state index is 12.3. The summed E-state index contributed by atoms with van der Waals surface area (Å²) in [5, 5.41) is 3.97. The Labute approximate surface area is 133 Å². The van der Waals surface area contributed by atoms with Crippen LogP contribution in [-0.2, 0) is 4.79 Å². The lowest BCUT2D eigenvalue weighted by Crippen LogP contribution is -2.28. The number of hydrogen-bond donors (Lipinski definition) is 2. The molecule has 1 saturated carbocycles. The number of nitrogens with two attached hydrogens (primary N) is 1. The van der Waals surface area contributed by atoms with Gasteiger partial charge in [-0.1, -0.05) is 6.42 Å². The fourth-order valence-electron chi connectivity index (χ4n) is 3.09. The van der Waals surface area contributed by atoms with Gasteiger partial charge in [0.25, 0.3) is 0 Å². The van der Waals surface area contributed by atoms with Crippen LogP contribution >= 0.6 is 11.3 Å². The molecule has 3 N–H and O–H groups in total. The van der Waals surface area contributed by atoms with Gasteiger partial charge in [0, 0.05) is 18.5 Å². The van der Waals surface area contributed by atoms with Gasteiger partial charge in [-0.25, -0.2) is 4.98 Å². The highest BCUT2D eigenvalue weighted by Gasteiger charge is 2.26. The fraction of sp³-hybridized carbons (Fsp3) is 0.500. The minimum atomic E-state index is 0.00115. The third-order valence-electron chi connectivity index (χ3n) is 4.26. The summed E-state index contributed by atoms with van der Waals surface area (Å²) in [7, 11) is 1.60. The van der Waals surface area contributed by atoms with Crippen molar-refractivity contribution in [1.29, 1.82) is 0 Å². The standard InChI is InChI=1S/C16H21N3O2S/c1-9-18-13-7-14(21-2)12(8-15(13)22-9)19-16(20)6-10-4-3-5-11(10)17/h7-8,10-11H,3-6,17H2,1-2H3,(H,19,20)/t10-,11+/m0/s1. The Morgan fingerprint density at radius 1 is 1.50 bits per heavy atom. The third-order valence-corrected chi connectivity index (χ3v) is 5.19. The molecule has 1 heterocycles. The van der Waals surface area contributed by atoms with Crippen LogP contribution in [0.25, 0.3) is 10.2 Å². The monoisotopic (exact) mass is 319 g/mol. The topological polar surface area (TPSA) is 77.2 Å². The molecule has 0 unspecified atom stereocenters. The van der Waals surface area contributed by atoms with Crippen LogP contribution in [0.1, 0.15) is 30.7 Å². The lowest BCUT2D eigenvalue weighted by atomic mass is 10.00. The van der Waals surface area contributed by atoms with Gasteiger partial charge in [-0.15, -0.1) is 11.3 Å². The molecule has 1 aromatic carbocycles. The Balaban J connectivity index is 1.78. The molecule has 1 aliphatic rings. The predicted octanol–water partition coefficient (Wildman–Crippen LogP) is 3.07. The Bertz CT molecular complexity index is 698. The van der Waals surface area contributed by atoms with Gasteiger partial charge < -0.3 is 15.8 Å². The van der Waals surface area contributed by atoms with E-state index in [1.54, 1.807) is 18.4 Å². The number of nitrogens with zero attached hydrogens (tertiary/aromatic N) is 1. The molecule has 22 heavy (non-hydrogen) atoms. The van der Waals surface area contributed by atoms with Gasteiger partial charge in [0.05, 0.1) is 28.0 Å². The predicted molar refractivity (Wildman–Crippen MR) is 89.5 cm³/mol. The average molecular weight is 319 g/mol. The first-order chi connectivity index (χ1) is 10.6. The highest BCUT2D eigenvalue weighted by atomic mass is 32.1. The highest BCUT2D eigenvalue weighted by Crippen LogP contribution is 2.34. The minimum absolute atomic E-state index is 0.00115. The zero-order chi connectivity index (χ0) is 15.7. The number of hydrogen-bond acceptors (Lipinski definition) is 5. The number of amides is 1. The molecular weight excluding hydrogens is 298 g/mol. The van der Waals surface area contributed by atoms with Crippen LogP contribution in [-0.4, -0.2) is 24.0 Å². The number of carbonyl (C=O) groups is 1. The number of fused-ring (bicyclic) bond motifs is 1. The lowest BCUT2D eigenvalue weighted by molar-refractivity contribution is -0.117. The Morgan fingerprint density at radius 2 is 2.32 bits per heavy atom. The third kappa shape index (κ3) is 3.08. The number of aryl methyl sites for hydroxylation is 1. The molecule has 3 rings (SSSR count). The van der Waals surface area contributed by atoms with Crippen molar-refractivity contribution >= 4 is 33.1 Å². The molecule has 2 aromatic rings. The van der Waals surface area contributed by atoms with Gasteiger partial charge in [0.2, 0.25) is 5.91 Å². The van der Waals surface area contributed by atoms with Crippen molar-refractivity contribution in [3.63, 3.8) is 0 Å². The second-order valence-electron chi connectivity index (χ2n) is 5.86. The van der Waals surface area contributed by atoms with Gasteiger partial charge in [-0.2, -0.15) is 0 Å². The van der Waals surface area contributed by atoms with Crippen LogP contribution in [0.2, 0.25) is 0 Å². The first kappa shape index (κ1) is 15.2. The van der Waals surface area contributed by atoms with E-state index >= 15 is 0 Å². The molecule has 0 radical (unpaired) electrons. The molecular formula is C16H21N3O2S. The van der Waals surface area contributed by atoms with E-state index in [1.807, 2.05) is 19.1 Å². The molecule has 0 saturated heterocycles. The van der Waals surface area contributed by atoms with Crippen molar-refractivity contribution in [3.05, 3.63) is 17.1 Å². The fourth-order valence-corrected chi connectivity index (χ4v) is 3.94. The van der Waals surface area contributed by atoms with Crippen LogP contribution in [0.4, 0.5) is 5.69 Å². The first-order valence-corrected chi connectivity index (χ1v) is 8.39. The van der Waals surface area contributed by atoms with Crippen LogP contribution in [0.3, 0.4) is 0 Å². The number of rotatable bonds is 4. The van der Waals surface area contributed by atoms with Gasteiger partial charge in [0.1, 0.15) is 5.75 Å². The van der Waals surface area contributed by atoms with Crippen molar-refractivity contribution < 1.29 is 9.53 Å². The minimum Gasteiger partial charge on any atom is -0.494 e. The summed E-state index contributed by atoms with van der Waals surface area (Å²) in [5.74, 6) is 0.934. The largest absolute Gasteiger partial charge is 0.494 e. The zero-order valence-electron chi connectivity index (χ0n) is 12.9. The number of aromatic nitrogens is 1. The molecule has 118 valence electrons. The second kappa shape index (κ2) is 6.22. The number of anilines is 1. The summed E-state index contributed by atoms with van der Waals surface area (Å²) in [6.45, 7) is 1.97. The summed E-state index contributed by atoms with van der Waals surface area (Å²) in [4.78, 5) is 16.7. The highest BCUT2D eigenvalue weighted by molar-refractivity contribution is 7.18. The second-order valence-corrected chi connectivity index (χ2v) is 7.10. The van der Waals surface area contributed by atoms with Gasteiger partial charge >= 0.3 is 0 Å². The normalized spacial score (nSPS) is 21.2. The van der Waals surface area contributed by atoms with E-state index in [0.29, 0.717) is 23.8 Å². The van der Waals surface area contributed by atoms with Gasteiger partial charge in [-0.05, 0) is 31.7 Å². The molecule has 0 aliphatic heterocycles. The number of thiazole rings is 1. The molecule has 1 amide bonds. The van der Waals surface area contributed by atoms with E-state index in [0.717, 1.165) is 34.5 Å². The van der Waals surface area contributed by atoms with Gasteiger partial charge in [0.15, 0.2) is 0 Å². The van der Waals surface area contributed by atoms with Crippen molar-refractivity contribution in [3.8, 4) is 5.75 Å². The number of carbonyl (C=O) groups excluding carboxylic acids is 1. The molecule has 1 fully saturated rings.